The van der Waals surface area contributed by atoms with Crippen LogP contribution in [0.15, 0.2) is 65.6 Å². The molecule has 0 saturated carbocycles. The quantitative estimate of drug-likeness (QED) is 0.166. The van der Waals surface area contributed by atoms with E-state index in [0.717, 1.165) is 52.8 Å². The predicted molar refractivity (Wildman–Crippen MR) is 190 cm³/mol. The lowest BCUT2D eigenvalue weighted by Gasteiger charge is -2.26. The van der Waals surface area contributed by atoms with E-state index >= 15 is 0 Å². The Morgan fingerprint density at radius 3 is 2.37 bits per heavy atom. The lowest BCUT2D eigenvalue weighted by atomic mass is 9.97. The van der Waals surface area contributed by atoms with E-state index in [1.807, 2.05) is 60.8 Å². The van der Waals surface area contributed by atoms with E-state index in [9.17, 15) is 9.59 Å². The second-order valence-electron chi connectivity index (χ2n) is 12.4. The topological polar surface area (TPSA) is 124 Å². The third kappa shape index (κ3) is 6.82. The van der Waals surface area contributed by atoms with Gasteiger partial charge in [0.15, 0.2) is 0 Å². The van der Waals surface area contributed by atoms with Crippen LogP contribution in [0, 0.1) is 0 Å². The summed E-state index contributed by atoms with van der Waals surface area (Å²) in [7, 11) is 3.32. The van der Waals surface area contributed by atoms with Gasteiger partial charge in [-0.05, 0) is 25.0 Å². The van der Waals surface area contributed by atoms with Gasteiger partial charge in [0, 0.05) is 85.3 Å². The molecule has 1 amide bonds. The Balaban J connectivity index is 1.14. The van der Waals surface area contributed by atoms with E-state index < -0.39 is 0 Å². The highest BCUT2D eigenvalue weighted by atomic mass is 35.5. The van der Waals surface area contributed by atoms with Gasteiger partial charge in [0.1, 0.15) is 11.3 Å². The maximum absolute atomic E-state index is 13.3. The van der Waals surface area contributed by atoms with Crippen LogP contribution in [0.3, 0.4) is 0 Å². The molecule has 0 bridgehead atoms. The minimum atomic E-state index is -0.145. The Labute approximate surface area is 293 Å². The molecule has 3 aromatic heterocycles. The third-order valence-electron chi connectivity index (χ3n) is 9.18. The maximum Gasteiger partial charge on any atom is 0.277 e. The molecular formula is C36H37Cl2N7O4. The first-order valence-corrected chi connectivity index (χ1v) is 17.1. The van der Waals surface area contributed by atoms with E-state index in [-0.39, 0.29) is 23.6 Å². The molecule has 254 valence electrons. The van der Waals surface area contributed by atoms with Gasteiger partial charge < -0.3 is 25.4 Å². The molecule has 2 aromatic carbocycles. The van der Waals surface area contributed by atoms with Gasteiger partial charge in [-0.2, -0.15) is 5.10 Å². The molecule has 49 heavy (non-hydrogen) atoms. The number of carbonyl (C=O) groups is 1. The lowest BCUT2D eigenvalue weighted by Crippen LogP contribution is -2.38. The van der Waals surface area contributed by atoms with E-state index in [1.165, 1.54) is 0 Å². The van der Waals surface area contributed by atoms with Crippen molar-refractivity contribution in [2.45, 2.75) is 44.5 Å². The van der Waals surface area contributed by atoms with E-state index in [0.29, 0.717) is 65.6 Å². The van der Waals surface area contributed by atoms with Crippen LogP contribution in [0.4, 0.5) is 0 Å². The number of methoxy groups -OCH3 is 1. The highest BCUT2D eigenvalue weighted by Crippen LogP contribution is 2.42. The number of benzene rings is 2. The number of pyridine rings is 1. The fraction of sp³-hybridized carbons (Fsp3) is 0.333. The van der Waals surface area contributed by atoms with Crippen molar-refractivity contribution >= 4 is 34.6 Å². The minimum Gasteiger partial charge on any atom is -0.481 e. The summed E-state index contributed by atoms with van der Waals surface area (Å²) in [6.45, 7) is 3.18. The van der Waals surface area contributed by atoms with Gasteiger partial charge in [-0.1, -0.05) is 65.7 Å². The lowest BCUT2D eigenvalue weighted by molar-refractivity contribution is -0.119. The molecule has 0 spiro atoms. The summed E-state index contributed by atoms with van der Waals surface area (Å²) in [6, 6.07) is 17.4. The average Bonchev–Trinajstić information content (AvgIpc) is 3.71. The summed E-state index contributed by atoms with van der Waals surface area (Å²) in [5.41, 5.74) is 5.62. The summed E-state index contributed by atoms with van der Waals surface area (Å²) in [4.78, 5) is 29.6. The zero-order valence-corrected chi connectivity index (χ0v) is 28.8. The number of nitrogens with zero attached hydrogens (tertiary/aromatic N) is 4. The summed E-state index contributed by atoms with van der Waals surface area (Å²) in [6.07, 6.45) is 4.48. The average molecular weight is 703 g/mol. The molecule has 5 aromatic rings. The van der Waals surface area contributed by atoms with Crippen molar-refractivity contribution in [1.82, 2.24) is 35.1 Å². The molecule has 0 radical (unpaired) electrons. The molecule has 1 unspecified atom stereocenters. The van der Waals surface area contributed by atoms with Gasteiger partial charge in [0.05, 0.1) is 35.5 Å². The number of halogens is 2. The molecule has 2 atom stereocenters. The molecule has 2 saturated heterocycles. The van der Waals surface area contributed by atoms with Crippen molar-refractivity contribution in [2.24, 2.45) is 7.05 Å². The Morgan fingerprint density at radius 2 is 1.67 bits per heavy atom. The summed E-state index contributed by atoms with van der Waals surface area (Å²) in [5.74, 6) is 1.21. The molecule has 11 nitrogen and oxygen atoms in total. The number of nitrogens with one attached hydrogen (secondary N) is 3. The number of rotatable bonds is 12. The van der Waals surface area contributed by atoms with Crippen LogP contribution in [0.25, 0.3) is 39.0 Å². The number of fused-ring (bicyclic) bond motifs is 1. The number of amides is 1. The Morgan fingerprint density at radius 1 is 0.959 bits per heavy atom. The zero-order valence-electron chi connectivity index (χ0n) is 27.3. The predicted octanol–water partition coefficient (Wildman–Crippen LogP) is 4.99. The second-order valence-corrected chi connectivity index (χ2v) is 13.1. The molecule has 0 aliphatic carbocycles. The van der Waals surface area contributed by atoms with Crippen LogP contribution in [0.1, 0.15) is 30.7 Å². The second kappa shape index (κ2) is 14.3. The van der Waals surface area contributed by atoms with E-state index in [4.69, 9.17) is 42.8 Å². The smallest absolute Gasteiger partial charge is 0.277 e. The SMILES string of the molecule is COc1nc(-c2cccc(-c3cccc(-c4cc5c(=O)n(C)c(CNC[C@@H]6CCO6)nn5c4)c3Cl)c2Cl)ccc1CNCC1CCC(=O)N1. The highest BCUT2D eigenvalue weighted by Gasteiger charge is 2.22. The Kier molecular flexibility index (Phi) is 9.71. The van der Waals surface area contributed by atoms with Crippen molar-refractivity contribution in [3.8, 4) is 39.4 Å². The van der Waals surface area contributed by atoms with Gasteiger partial charge >= 0.3 is 0 Å². The largest absolute Gasteiger partial charge is 0.481 e. The first-order valence-electron chi connectivity index (χ1n) is 16.3. The molecule has 2 aliphatic heterocycles. The maximum atomic E-state index is 13.3. The number of aromatic nitrogens is 4. The first kappa shape index (κ1) is 33.2. The van der Waals surface area contributed by atoms with Gasteiger partial charge in [0.25, 0.3) is 5.56 Å². The Hall–Kier alpha value is -4.26. The van der Waals surface area contributed by atoms with Crippen molar-refractivity contribution in [2.75, 3.05) is 26.8 Å². The standard InChI is InChI=1S/C36H37Cl2N7O4/c1-44-31(19-40-18-24-13-14-49-24)43-45-20-22(15-30(45)36(44)47)25-5-3-6-26(33(25)37)27-7-4-8-28(34(27)38)29-11-9-21(35(42-29)48-2)16-39-17-23-10-12-32(46)41-23/h3-9,11,15,20,23-24,39-40H,10,12-14,16-19H2,1-2H3,(H,41,46)/t23?,24-/m0/s1. The monoisotopic (exact) mass is 701 g/mol. The highest BCUT2D eigenvalue weighted by molar-refractivity contribution is 6.39. The van der Waals surface area contributed by atoms with Crippen LogP contribution < -0.4 is 26.2 Å². The number of hydrogen-bond acceptors (Lipinski definition) is 8. The zero-order chi connectivity index (χ0) is 34.1. The van der Waals surface area contributed by atoms with E-state index in [1.54, 1.807) is 23.2 Å². The third-order valence-corrected chi connectivity index (χ3v) is 10.00. The number of hydrogen-bond donors (Lipinski definition) is 3. The van der Waals surface area contributed by atoms with Gasteiger partial charge in [0.2, 0.25) is 11.8 Å². The van der Waals surface area contributed by atoms with Crippen molar-refractivity contribution in [3.05, 3.63) is 92.6 Å². The molecule has 13 heteroatoms. The van der Waals surface area contributed by atoms with Gasteiger partial charge in [-0.3, -0.25) is 14.2 Å². The molecule has 7 rings (SSSR count). The summed E-state index contributed by atoms with van der Waals surface area (Å²) in [5, 5.41) is 15.4. The number of ether oxygens (including phenoxy) is 2. The molecular weight excluding hydrogens is 665 g/mol. The van der Waals surface area contributed by atoms with Crippen molar-refractivity contribution in [1.29, 1.82) is 0 Å². The summed E-state index contributed by atoms with van der Waals surface area (Å²) >= 11 is 14.2. The van der Waals surface area contributed by atoms with Crippen LogP contribution in [0.2, 0.25) is 10.0 Å². The normalized spacial score (nSPS) is 17.3. The molecule has 2 aliphatic rings. The fourth-order valence-corrected chi connectivity index (χ4v) is 6.97. The molecule has 2 fully saturated rings. The van der Waals surface area contributed by atoms with Crippen molar-refractivity contribution in [3.63, 3.8) is 0 Å². The van der Waals surface area contributed by atoms with Crippen LogP contribution in [0.5, 0.6) is 5.88 Å². The van der Waals surface area contributed by atoms with E-state index in [2.05, 4.69) is 16.0 Å². The van der Waals surface area contributed by atoms with Gasteiger partial charge in [-0.25, -0.2) is 9.50 Å². The molecule has 5 heterocycles. The van der Waals surface area contributed by atoms with Crippen molar-refractivity contribution < 1.29 is 14.3 Å². The molecule has 3 N–H and O–H groups in total. The summed E-state index contributed by atoms with van der Waals surface area (Å²) < 4.78 is 14.3. The minimum absolute atomic E-state index is 0.0957. The Bertz CT molecular complexity index is 2090. The van der Waals surface area contributed by atoms with Crippen LogP contribution >= 0.6 is 23.2 Å². The van der Waals surface area contributed by atoms with Crippen LogP contribution in [-0.4, -0.2) is 64.0 Å². The first-order chi connectivity index (χ1) is 23.8. The van der Waals surface area contributed by atoms with Crippen LogP contribution in [-0.2, 0) is 29.7 Å². The van der Waals surface area contributed by atoms with Gasteiger partial charge in [-0.15, -0.1) is 0 Å². The fourth-order valence-electron chi connectivity index (χ4n) is 6.31. The number of carbonyl (C=O) groups excluding carboxylic acids is 1.